The van der Waals surface area contributed by atoms with Crippen molar-refractivity contribution in [2.75, 3.05) is 18.1 Å². The van der Waals surface area contributed by atoms with Gasteiger partial charge in [-0.15, -0.1) is 0 Å². The fraction of sp³-hybridized carbons (Fsp3) is 0.188. The standard InChI is InChI=1S/C16H13ClN2O2/c17-12-6-7-14-13(8-12)19-15(20)18-9-16(19,10-21-14)11-4-2-1-3-5-11/h1-8H,9-10H2,(H,18,20). The Morgan fingerprint density at radius 2 is 2.00 bits per heavy atom. The molecule has 21 heavy (non-hydrogen) atoms. The van der Waals surface area contributed by atoms with E-state index in [1.807, 2.05) is 30.3 Å². The lowest BCUT2D eigenvalue weighted by molar-refractivity contribution is 0.206. The summed E-state index contributed by atoms with van der Waals surface area (Å²) in [5.41, 5.74) is 1.25. The van der Waals surface area contributed by atoms with Crippen LogP contribution in [-0.2, 0) is 5.54 Å². The molecule has 2 aliphatic heterocycles. The Hall–Kier alpha value is -2.20. The lowest BCUT2D eigenvalue weighted by Crippen LogP contribution is -2.51. The van der Waals surface area contributed by atoms with E-state index in [1.54, 1.807) is 23.1 Å². The first-order valence-corrected chi connectivity index (χ1v) is 7.14. The zero-order chi connectivity index (χ0) is 14.4. The van der Waals surface area contributed by atoms with Crippen LogP contribution in [0.4, 0.5) is 10.5 Å². The predicted octanol–water partition coefficient (Wildman–Crippen LogP) is 3.16. The Kier molecular flexibility index (Phi) is 2.62. The summed E-state index contributed by atoms with van der Waals surface area (Å²) in [6.07, 6.45) is 0. The number of nitrogens with one attached hydrogen (secondary N) is 1. The molecule has 1 unspecified atom stereocenters. The van der Waals surface area contributed by atoms with Crippen LogP contribution < -0.4 is 15.0 Å². The number of halogens is 1. The van der Waals surface area contributed by atoms with Gasteiger partial charge in [-0.25, -0.2) is 4.79 Å². The van der Waals surface area contributed by atoms with Crippen LogP contribution >= 0.6 is 11.6 Å². The van der Waals surface area contributed by atoms with Crippen molar-refractivity contribution in [3.05, 3.63) is 59.1 Å². The van der Waals surface area contributed by atoms with Gasteiger partial charge in [0.2, 0.25) is 0 Å². The van der Waals surface area contributed by atoms with Crippen molar-refractivity contribution >= 4 is 23.3 Å². The molecule has 0 bridgehead atoms. The highest BCUT2D eigenvalue weighted by Gasteiger charge is 2.51. The number of hydrogen-bond donors (Lipinski definition) is 1. The molecule has 2 aromatic carbocycles. The van der Waals surface area contributed by atoms with E-state index in [9.17, 15) is 4.79 Å². The maximum atomic E-state index is 12.4. The average Bonchev–Trinajstić information content (AvgIpc) is 2.87. The Morgan fingerprint density at radius 1 is 1.19 bits per heavy atom. The summed E-state index contributed by atoms with van der Waals surface area (Å²) in [4.78, 5) is 14.1. The summed E-state index contributed by atoms with van der Waals surface area (Å²) in [6, 6.07) is 15.2. The monoisotopic (exact) mass is 300 g/mol. The first kappa shape index (κ1) is 12.5. The molecule has 1 N–H and O–H groups in total. The number of urea groups is 1. The molecule has 4 rings (SSSR count). The Labute approximate surface area is 127 Å². The van der Waals surface area contributed by atoms with Crippen molar-refractivity contribution in [1.29, 1.82) is 0 Å². The van der Waals surface area contributed by atoms with Gasteiger partial charge >= 0.3 is 6.03 Å². The lowest BCUT2D eigenvalue weighted by Gasteiger charge is -2.41. The van der Waals surface area contributed by atoms with Crippen LogP contribution in [-0.4, -0.2) is 19.2 Å². The van der Waals surface area contributed by atoms with Crippen LogP contribution in [0.15, 0.2) is 48.5 Å². The molecule has 2 heterocycles. The van der Waals surface area contributed by atoms with Gasteiger partial charge in [-0.2, -0.15) is 0 Å². The first-order valence-electron chi connectivity index (χ1n) is 6.77. The normalized spacial score (nSPS) is 23.1. The maximum absolute atomic E-state index is 12.4. The number of fused-ring (bicyclic) bond motifs is 3. The van der Waals surface area contributed by atoms with Crippen LogP contribution in [0.25, 0.3) is 0 Å². The topological polar surface area (TPSA) is 41.6 Å². The largest absolute Gasteiger partial charge is 0.488 e. The maximum Gasteiger partial charge on any atom is 0.323 e. The summed E-state index contributed by atoms with van der Waals surface area (Å²) in [5.74, 6) is 0.683. The molecular formula is C16H13ClN2O2. The van der Waals surface area contributed by atoms with Crippen molar-refractivity contribution in [3.63, 3.8) is 0 Å². The van der Waals surface area contributed by atoms with Crippen LogP contribution in [0.2, 0.25) is 5.02 Å². The Balaban J connectivity index is 1.92. The highest BCUT2D eigenvalue weighted by Crippen LogP contribution is 2.45. The second-order valence-electron chi connectivity index (χ2n) is 5.29. The summed E-state index contributed by atoms with van der Waals surface area (Å²) in [7, 11) is 0. The van der Waals surface area contributed by atoms with Crippen molar-refractivity contribution in [1.82, 2.24) is 5.32 Å². The number of anilines is 1. The SMILES string of the molecule is O=C1NCC2(c3ccccc3)COc3ccc(Cl)cc3N12. The van der Waals surface area contributed by atoms with Gasteiger partial charge in [0.25, 0.3) is 0 Å². The van der Waals surface area contributed by atoms with E-state index in [0.29, 0.717) is 29.6 Å². The van der Waals surface area contributed by atoms with E-state index in [1.165, 1.54) is 0 Å². The van der Waals surface area contributed by atoms with Crippen LogP contribution in [0.1, 0.15) is 5.56 Å². The third-order valence-electron chi connectivity index (χ3n) is 4.10. The number of benzene rings is 2. The minimum absolute atomic E-state index is 0.120. The van der Waals surface area contributed by atoms with E-state index >= 15 is 0 Å². The molecule has 5 heteroatoms. The minimum atomic E-state index is -0.518. The van der Waals surface area contributed by atoms with Crippen molar-refractivity contribution in [2.45, 2.75) is 5.54 Å². The molecule has 0 aromatic heterocycles. The van der Waals surface area contributed by atoms with E-state index < -0.39 is 5.54 Å². The zero-order valence-corrected chi connectivity index (χ0v) is 11.9. The van der Waals surface area contributed by atoms with Crippen molar-refractivity contribution in [2.24, 2.45) is 0 Å². The van der Waals surface area contributed by atoms with Gasteiger partial charge in [-0.1, -0.05) is 41.9 Å². The van der Waals surface area contributed by atoms with Crippen LogP contribution in [0.5, 0.6) is 5.75 Å². The average molecular weight is 301 g/mol. The molecule has 0 aliphatic carbocycles. The molecule has 1 saturated heterocycles. The highest BCUT2D eigenvalue weighted by atomic mass is 35.5. The number of ether oxygens (including phenoxy) is 1. The Morgan fingerprint density at radius 3 is 2.81 bits per heavy atom. The quantitative estimate of drug-likeness (QED) is 0.879. The van der Waals surface area contributed by atoms with Crippen molar-refractivity contribution in [3.8, 4) is 5.75 Å². The molecule has 2 aromatic rings. The molecule has 2 amide bonds. The van der Waals surface area contributed by atoms with Gasteiger partial charge in [0.05, 0.1) is 12.2 Å². The summed E-state index contributed by atoms with van der Waals surface area (Å²) < 4.78 is 5.91. The van der Waals surface area contributed by atoms with E-state index in [0.717, 1.165) is 5.56 Å². The summed E-state index contributed by atoms with van der Waals surface area (Å²) >= 11 is 6.09. The number of carbonyl (C=O) groups excluding carboxylic acids is 1. The van der Waals surface area contributed by atoms with Gasteiger partial charge < -0.3 is 10.1 Å². The lowest BCUT2D eigenvalue weighted by atomic mass is 9.88. The third-order valence-corrected chi connectivity index (χ3v) is 4.34. The zero-order valence-electron chi connectivity index (χ0n) is 11.2. The molecule has 1 atom stereocenters. The predicted molar refractivity (Wildman–Crippen MR) is 80.9 cm³/mol. The fourth-order valence-electron chi connectivity index (χ4n) is 3.08. The molecule has 2 aliphatic rings. The first-order chi connectivity index (χ1) is 10.2. The number of amides is 2. The van der Waals surface area contributed by atoms with Crippen molar-refractivity contribution < 1.29 is 9.53 Å². The molecular weight excluding hydrogens is 288 g/mol. The number of carbonyl (C=O) groups is 1. The molecule has 0 spiro atoms. The fourth-order valence-corrected chi connectivity index (χ4v) is 3.24. The van der Waals surface area contributed by atoms with Crippen LogP contribution in [0, 0.1) is 0 Å². The van der Waals surface area contributed by atoms with Gasteiger partial charge in [-0.3, -0.25) is 4.90 Å². The summed E-state index contributed by atoms with van der Waals surface area (Å²) in [6.45, 7) is 0.937. The molecule has 106 valence electrons. The minimum Gasteiger partial charge on any atom is -0.488 e. The second kappa shape index (κ2) is 4.40. The molecule has 0 saturated carbocycles. The van der Waals surface area contributed by atoms with Gasteiger partial charge in [0.1, 0.15) is 17.9 Å². The molecule has 1 fully saturated rings. The Bertz CT molecular complexity index is 719. The second-order valence-corrected chi connectivity index (χ2v) is 5.73. The van der Waals surface area contributed by atoms with Gasteiger partial charge in [0, 0.05) is 5.02 Å². The molecule has 4 nitrogen and oxygen atoms in total. The van der Waals surface area contributed by atoms with Gasteiger partial charge in [0.15, 0.2) is 0 Å². The summed E-state index contributed by atoms with van der Waals surface area (Å²) in [5, 5.41) is 3.51. The van der Waals surface area contributed by atoms with E-state index in [4.69, 9.17) is 16.3 Å². The highest BCUT2D eigenvalue weighted by molar-refractivity contribution is 6.31. The van der Waals surface area contributed by atoms with Crippen LogP contribution in [0.3, 0.4) is 0 Å². The number of hydrogen-bond acceptors (Lipinski definition) is 2. The van der Waals surface area contributed by atoms with E-state index in [-0.39, 0.29) is 6.03 Å². The number of nitrogens with zero attached hydrogens (tertiary/aromatic N) is 1. The van der Waals surface area contributed by atoms with Gasteiger partial charge in [-0.05, 0) is 23.8 Å². The van der Waals surface area contributed by atoms with E-state index in [2.05, 4.69) is 5.32 Å². The third kappa shape index (κ3) is 1.72. The smallest absolute Gasteiger partial charge is 0.323 e. The number of rotatable bonds is 1. The molecule has 0 radical (unpaired) electrons.